The van der Waals surface area contributed by atoms with E-state index in [4.69, 9.17) is 13.8 Å². The largest absolute Gasteiger partial charge is 0.497 e. The van der Waals surface area contributed by atoms with E-state index in [1.165, 1.54) is 0 Å². The lowest BCUT2D eigenvalue weighted by molar-refractivity contribution is -0.669. The van der Waals surface area contributed by atoms with Gasteiger partial charge in [-0.15, -0.1) is 0 Å². The molecule has 3 aromatic carbocycles. The molecule has 0 spiro atoms. The van der Waals surface area contributed by atoms with Crippen LogP contribution in [0.5, 0.6) is 11.5 Å². The van der Waals surface area contributed by atoms with Crippen molar-refractivity contribution >= 4 is 63.8 Å². The fraction of sp³-hybridized carbons (Fsp3) is 0.345. The second kappa shape index (κ2) is 12.8. The fourth-order valence-electron chi connectivity index (χ4n) is 5.05. The number of nitrogens with zero attached hydrogens (tertiary/aromatic N) is 2. The number of allylic oxidation sites excluding steroid dienone is 1. The van der Waals surface area contributed by atoms with Crippen LogP contribution in [0, 0.1) is 0 Å². The quantitative estimate of drug-likeness (QED) is 0.121. The number of benzene rings is 3. The summed E-state index contributed by atoms with van der Waals surface area (Å²) in [5.74, 6) is 1.16. The van der Waals surface area contributed by atoms with E-state index < -0.39 is 26.0 Å². The van der Waals surface area contributed by atoms with Crippen LogP contribution < -0.4 is 24.4 Å². The third-order valence-corrected chi connectivity index (χ3v) is 10.2. The molecule has 2 heterocycles. The number of ether oxygens (including phenoxy) is 2. The monoisotopic (exact) mass is 648 g/mol. The van der Waals surface area contributed by atoms with E-state index in [9.17, 15) is 21.4 Å². The van der Waals surface area contributed by atoms with E-state index in [0.717, 1.165) is 31.6 Å². The maximum absolute atomic E-state index is 12.4. The molecule has 0 unspecified atom stereocenters. The Balaban J connectivity index is 1.59. The highest BCUT2D eigenvalue weighted by Gasteiger charge is 2.33. The van der Waals surface area contributed by atoms with E-state index in [1.54, 1.807) is 37.5 Å². The Hall–Kier alpha value is -3.27. The van der Waals surface area contributed by atoms with Gasteiger partial charge in [-0.1, -0.05) is 42.5 Å². The van der Waals surface area contributed by atoms with Crippen LogP contribution in [0.25, 0.3) is 26.6 Å². The smallest absolute Gasteiger partial charge is 0.283 e. The number of rotatable bonds is 13. The fourth-order valence-corrected chi connectivity index (χ4v) is 7.61. The molecule has 11 nitrogen and oxygen atoms in total. The highest BCUT2D eigenvalue weighted by atomic mass is 32.2. The lowest BCUT2D eigenvalue weighted by Crippen LogP contribution is -2.38. The molecule has 5 rings (SSSR count). The van der Waals surface area contributed by atoms with Crippen molar-refractivity contribution in [2.75, 3.05) is 36.6 Å². The predicted octanol–water partition coefficient (Wildman–Crippen LogP) is 4.48. The molecule has 0 saturated heterocycles. The molecule has 14 heteroatoms. The van der Waals surface area contributed by atoms with Crippen LogP contribution in [0.4, 0.5) is 5.69 Å². The Morgan fingerprint density at radius 1 is 1.05 bits per heavy atom. The minimum absolute atomic E-state index is 0.164. The Labute approximate surface area is 255 Å². The van der Waals surface area contributed by atoms with Crippen LogP contribution in [0.3, 0.4) is 0 Å². The number of hydroxylamine groups is 1. The average Bonchev–Trinajstić information content (AvgIpc) is 3.51. The summed E-state index contributed by atoms with van der Waals surface area (Å²) in [4.78, 5) is 1.89. The Bertz CT molecular complexity index is 1900. The third kappa shape index (κ3) is 7.11. The van der Waals surface area contributed by atoms with Crippen LogP contribution >= 0.6 is 11.3 Å². The summed E-state index contributed by atoms with van der Waals surface area (Å²) in [6.07, 6.45) is 0.472. The molecule has 0 saturated carbocycles. The van der Waals surface area contributed by atoms with E-state index >= 15 is 0 Å². The molecule has 0 fully saturated rings. The van der Waals surface area contributed by atoms with Crippen LogP contribution in [0.1, 0.15) is 31.7 Å². The minimum Gasteiger partial charge on any atom is -0.497 e. The number of thiazole rings is 1. The van der Waals surface area contributed by atoms with E-state index in [1.807, 2.05) is 36.1 Å². The molecule has 1 aliphatic heterocycles. The van der Waals surface area contributed by atoms with Gasteiger partial charge in [0.15, 0.2) is 12.3 Å². The number of aryl methyl sites for hydroxylation is 1. The van der Waals surface area contributed by atoms with Crippen LogP contribution in [-0.4, -0.2) is 53.1 Å². The molecule has 0 bridgehead atoms. The molecule has 1 aliphatic rings. The first-order valence-corrected chi connectivity index (χ1v) is 17.8. The van der Waals surface area contributed by atoms with Gasteiger partial charge in [-0.25, -0.2) is 0 Å². The number of nitrogens with one attached hydrogen (secondary N) is 1. The summed E-state index contributed by atoms with van der Waals surface area (Å²) in [7, 11) is -6.33. The Morgan fingerprint density at radius 2 is 1.79 bits per heavy atom. The molecule has 0 aliphatic carbocycles. The van der Waals surface area contributed by atoms with Crippen molar-refractivity contribution in [3.63, 3.8) is 0 Å². The number of hydrogen-bond donors (Lipinski definition) is 2. The minimum atomic E-state index is -4.14. The van der Waals surface area contributed by atoms with Crippen molar-refractivity contribution in [3.8, 4) is 11.5 Å². The van der Waals surface area contributed by atoms with Gasteiger partial charge >= 0.3 is 0 Å². The Morgan fingerprint density at radius 3 is 2.49 bits per heavy atom. The van der Waals surface area contributed by atoms with Gasteiger partial charge in [0.05, 0.1) is 29.9 Å². The van der Waals surface area contributed by atoms with Crippen LogP contribution in [-0.2, 0) is 31.1 Å². The van der Waals surface area contributed by atoms with Crippen LogP contribution in [0.2, 0.25) is 0 Å². The van der Waals surface area contributed by atoms with Crippen molar-refractivity contribution in [3.05, 3.63) is 65.5 Å². The lowest BCUT2D eigenvalue weighted by Gasteiger charge is -2.19. The summed E-state index contributed by atoms with van der Waals surface area (Å²) in [6, 6.07) is 17.7. The van der Waals surface area contributed by atoms with Gasteiger partial charge in [-0.2, -0.15) is 31.2 Å². The molecule has 230 valence electrons. The highest BCUT2D eigenvalue weighted by Crippen LogP contribution is 2.44. The molecule has 1 aromatic heterocycles. The number of anilines is 1. The molecule has 0 amide bonds. The maximum Gasteiger partial charge on any atom is 0.283 e. The summed E-state index contributed by atoms with van der Waals surface area (Å²) in [5.41, 5.74) is 4.88. The topological polar surface area (TPSA) is 135 Å². The number of aromatic nitrogens is 1. The molecule has 0 atom stereocenters. The van der Waals surface area contributed by atoms with Gasteiger partial charge in [-0.05, 0) is 42.3 Å². The molecule has 43 heavy (non-hydrogen) atoms. The van der Waals surface area contributed by atoms with Crippen molar-refractivity contribution in [2.45, 2.75) is 33.2 Å². The first-order valence-electron chi connectivity index (χ1n) is 13.8. The van der Waals surface area contributed by atoms with Crippen molar-refractivity contribution in [1.82, 2.24) is 5.48 Å². The van der Waals surface area contributed by atoms with Crippen molar-refractivity contribution < 1.29 is 39.7 Å². The van der Waals surface area contributed by atoms with Gasteiger partial charge in [0.25, 0.3) is 25.2 Å². The van der Waals surface area contributed by atoms with E-state index in [-0.39, 0.29) is 18.7 Å². The standard InChI is InChI=1S/C29H33N3O8S3/c1-4-30-40-43(36,37)16-8-14-32-25-17-21-9-5-6-10-22(21)18-27(25)41-29(32)20(2)28-31(13-7-15-42(33,34)35)24-19-23(38-3)11-12-26(24)39-28/h5-6,9-12,17-19,30H,4,7-8,13-16H2,1-3H3/p+1. The van der Waals surface area contributed by atoms with E-state index in [0.29, 0.717) is 42.6 Å². The summed E-state index contributed by atoms with van der Waals surface area (Å²) in [5, 5.41) is 3.01. The average molecular weight is 649 g/mol. The zero-order chi connectivity index (χ0) is 30.8. The zero-order valence-corrected chi connectivity index (χ0v) is 26.5. The zero-order valence-electron chi connectivity index (χ0n) is 24.1. The van der Waals surface area contributed by atoms with Crippen molar-refractivity contribution in [1.29, 1.82) is 0 Å². The second-order valence-corrected chi connectivity index (χ2v) is 14.4. The summed E-state index contributed by atoms with van der Waals surface area (Å²) in [6.45, 7) is 4.71. The lowest BCUT2D eigenvalue weighted by atomic mass is 10.1. The first-order chi connectivity index (χ1) is 20.5. The molecular formula is C29H34N3O8S3+. The maximum atomic E-state index is 12.4. The van der Waals surface area contributed by atoms with Crippen LogP contribution in [0.15, 0.2) is 60.5 Å². The van der Waals surface area contributed by atoms with Gasteiger partial charge in [0.1, 0.15) is 10.4 Å². The molecule has 0 radical (unpaired) electrons. The van der Waals surface area contributed by atoms with Gasteiger partial charge < -0.3 is 14.4 Å². The molecule has 2 N–H and O–H groups in total. The summed E-state index contributed by atoms with van der Waals surface area (Å²) < 4.78 is 76.8. The highest BCUT2D eigenvalue weighted by molar-refractivity contribution is 7.86. The first kappa shape index (κ1) is 31.2. The van der Waals surface area contributed by atoms with Gasteiger partial charge in [-0.3, -0.25) is 4.55 Å². The predicted molar refractivity (Wildman–Crippen MR) is 167 cm³/mol. The second-order valence-electron chi connectivity index (χ2n) is 10.1. The Kier molecular flexibility index (Phi) is 9.25. The van der Waals surface area contributed by atoms with Crippen molar-refractivity contribution in [2.24, 2.45) is 0 Å². The number of hydrogen-bond acceptors (Lipinski definition) is 10. The number of methoxy groups -OCH3 is 1. The number of fused-ring (bicyclic) bond motifs is 3. The normalized spacial score (nSPS) is 14.7. The van der Waals surface area contributed by atoms with Gasteiger partial charge in [0.2, 0.25) is 11.4 Å². The summed E-state index contributed by atoms with van der Waals surface area (Å²) >= 11 is 1.57. The van der Waals surface area contributed by atoms with Gasteiger partial charge in [0, 0.05) is 31.6 Å². The third-order valence-electron chi connectivity index (χ3n) is 7.01. The molecular weight excluding hydrogens is 615 g/mol. The molecule has 4 aromatic rings. The SMILES string of the molecule is CCNOS(=O)(=O)CCC[n+]1c(C(C)=C2Oc3ccc(OC)cc3N2CCCS(=O)(=O)O)sc2cc3ccccc3cc21. The van der Waals surface area contributed by atoms with E-state index in [2.05, 4.69) is 28.2 Å².